The van der Waals surface area contributed by atoms with Crippen LogP contribution >= 0.6 is 12.4 Å². The Morgan fingerprint density at radius 2 is 1.81 bits per heavy atom. The summed E-state index contributed by atoms with van der Waals surface area (Å²) in [7, 11) is 0. The summed E-state index contributed by atoms with van der Waals surface area (Å²) in [4.78, 5) is 14.4. The number of amides is 1. The van der Waals surface area contributed by atoms with Gasteiger partial charge >= 0.3 is 0 Å². The fourth-order valence-electron chi connectivity index (χ4n) is 2.31. The van der Waals surface area contributed by atoms with Crippen LogP contribution in [0.1, 0.15) is 33.6 Å². The zero-order valence-electron chi connectivity index (χ0n) is 10.4. The highest BCUT2D eigenvalue weighted by Gasteiger charge is 2.39. The predicted octanol–water partition coefficient (Wildman–Crippen LogP) is 1.66. The van der Waals surface area contributed by atoms with E-state index in [0.717, 1.165) is 13.1 Å². The largest absolute Gasteiger partial charge is 0.337 e. The molecule has 1 saturated heterocycles. The second-order valence-corrected chi connectivity index (χ2v) is 5.28. The van der Waals surface area contributed by atoms with Gasteiger partial charge in [-0.25, -0.2) is 0 Å². The average Bonchev–Trinajstić information content (AvgIpc) is 2.84. The van der Waals surface area contributed by atoms with Crippen LogP contribution in [-0.4, -0.2) is 36.0 Å². The van der Waals surface area contributed by atoms with Crippen molar-refractivity contribution in [3.8, 4) is 0 Å². The van der Waals surface area contributed by atoms with Gasteiger partial charge in [-0.3, -0.25) is 4.79 Å². The molecule has 94 valence electrons. The first-order valence-corrected chi connectivity index (χ1v) is 6.14. The van der Waals surface area contributed by atoms with Gasteiger partial charge in [-0.2, -0.15) is 0 Å². The van der Waals surface area contributed by atoms with Gasteiger partial charge in [0.05, 0.1) is 0 Å². The molecule has 2 fully saturated rings. The van der Waals surface area contributed by atoms with Crippen LogP contribution in [0.25, 0.3) is 0 Å². The maximum absolute atomic E-state index is 12.3. The van der Waals surface area contributed by atoms with Gasteiger partial charge in [0.2, 0.25) is 5.91 Å². The Hall–Kier alpha value is -0.280. The van der Waals surface area contributed by atoms with Crippen LogP contribution in [0, 0.1) is 11.8 Å². The monoisotopic (exact) mass is 246 g/mol. The van der Waals surface area contributed by atoms with Crippen LogP contribution in [0.2, 0.25) is 0 Å². The summed E-state index contributed by atoms with van der Waals surface area (Å²) >= 11 is 0. The highest BCUT2D eigenvalue weighted by Crippen LogP contribution is 2.31. The minimum absolute atomic E-state index is 0. The number of hydrogen-bond donors (Lipinski definition) is 1. The minimum Gasteiger partial charge on any atom is -0.337 e. The third-order valence-corrected chi connectivity index (χ3v) is 3.66. The van der Waals surface area contributed by atoms with E-state index in [1.54, 1.807) is 0 Å². The Morgan fingerprint density at radius 3 is 2.12 bits per heavy atom. The maximum atomic E-state index is 12.3. The molecule has 1 atom stereocenters. The first-order valence-electron chi connectivity index (χ1n) is 6.14. The lowest BCUT2D eigenvalue weighted by molar-refractivity contribution is -0.139. The van der Waals surface area contributed by atoms with Crippen molar-refractivity contribution in [3.63, 3.8) is 0 Å². The van der Waals surface area contributed by atoms with Crippen molar-refractivity contribution in [2.45, 2.75) is 45.7 Å². The Bertz CT molecular complexity index is 247. The van der Waals surface area contributed by atoms with E-state index in [4.69, 9.17) is 0 Å². The molecule has 4 heteroatoms. The van der Waals surface area contributed by atoms with E-state index in [0.29, 0.717) is 23.9 Å². The molecule has 2 rings (SSSR count). The fourth-order valence-corrected chi connectivity index (χ4v) is 2.31. The van der Waals surface area contributed by atoms with E-state index in [9.17, 15) is 4.79 Å². The second-order valence-electron chi connectivity index (χ2n) is 5.28. The molecule has 2 aliphatic rings. The second kappa shape index (κ2) is 5.37. The van der Waals surface area contributed by atoms with Gasteiger partial charge in [0.25, 0.3) is 0 Å². The number of nitrogens with zero attached hydrogens (tertiary/aromatic N) is 1. The van der Waals surface area contributed by atoms with Crippen molar-refractivity contribution in [2.24, 2.45) is 11.8 Å². The molecule has 0 aromatic carbocycles. The summed E-state index contributed by atoms with van der Waals surface area (Å²) in [6, 6.07) is 0.911. The normalized spacial score (nSPS) is 22.2. The summed E-state index contributed by atoms with van der Waals surface area (Å²) in [6.07, 6.45) is 2.42. The highest BCUT2D eigenvalue weighted by molar-refractivity contribution is 5.85. The van der Waals surface area contributed by atoms with E-state index in [-0.39, 0.29) is 18.3 Å². The van der Waals surface area contributed by atoms with Crippen LogP contribution in [0.15, 0.2) is 0 Å². The standard InChI is InChI=1S/C12H22N2O.ClH/c1-8(2)14(11-4-5-11)12(15)9(3)10-6-13-7-10;/h8-11,13H,4-7H2,1-3H3;1H. The van der Waals surface area contributed by atoms with Gasteiger partial charge in [0, 0.05) is 18.0 Å². The summed E-state index contributed by atoms with van der Waals surface area (Å²) in [6.45, 7) is 8.38. The number of nitrogens with one attached hydrogen (secondary N) is 1. The van der Waals surface area contributed by atoms with Crippen molar-refractivity contribution in [3.05, 3.63) is 0 Å². The van der Waals surface area contributed by atoms with Crippen molar-refractivity contribution >= 4 is 18.3 Å². The molecule has 1 N–H and O–H groups in total. The summed E-state index contributed by atoms with van der Waals surface area (Å²) in [5.41, 5.74) is 0. The van der Waals surface area contributed by atoms with Crippen LogP contribution in [0.3, 0.4) is 0 Å². The summed E-state index contributed by atoms with van der Waals surface area (Å²) < 4.78 is 0. The predicted molar refractivity (Wildman–Crippen MR) is 67.8 cm³/mol. The van der Waals surface area contributed by atoms with E-state index in [1.807, 2.05) is 0 Å². The molecule has 1 aliphatic heterocycles. The van der Waals surface area contributed by atoms with Crippen LogP contribution in [-0.2, 0) is 4.79 Å². The Balaban J connectivity index is 0.00000128. The molecule has 1 aliphatic carbocycles. The topological polar surface area (TPSA) is 32.3 Å². The molecule has 0 spiro atoms. The smallest absolute Gasteiger partial charge is 0.226 e. The lowest BCUT2D eigenvalue weighted by atomic mass is 9.87. The molecule has 1 unspecified atom stereocenters. The van der Waals surface area contributed by atoms with E-state index < -0.39 is 0 Å². The first kappa shape index (κ1) is 13.8. The molecule has 0 radical (unpaired) electrons. The fraction of sp³-hybridized carbons (Fsp3) is 0.917. The van der Waals surface area contributed by atoms with Crippen LogP contribution in [0.4, 0.5) is 0 Å². The van der Waals surface area contributed by atoms with E-state index in [2.05, 4.69) is 31.0 Å². The maximum Gasteiger partial charge on any atom is 0.226 e. The van der Waals surface area contributed by atoms with Crippen molar-refractivity contribution in [2.75, 3.05) is 13.1 Å². The van der Waals surface area contributed by atoms with Gasteiger partial charge < -0.3 is 10.2 Å². The zero-order chi connectivity index (χ0) is 11.0. The molecule has 1 heterocycles. The third-order valence-electron chi connectivity index (χ3n) is 3.66. The zero-order valence-corrected chi connectivity index (χ0v) is 11.2. The number of hydrogen-bond acceptors (Lipinski definition) is 2. The van der Waals surface area contributed by atoms with Gasteiger partial charge in [-0.05, 0) is 45.7 Å². The molecular formula is C12H23ClN2O. The van der Waals surface area contributed by atoms with Crippen molar-refractivity contribution in [1.82, 2.24) is 10.2 Å². The van der Waals surface area contributed by atoms with Gasteiger partial charge in [0.15, 0.2) is 0 Å². The van der Waals surface area contributed by atoms with Crippen LogP contribution in [0.5, 0.6) is 0 Å². The van der Waals surface area contributed by atoms with E-state index in [1.165, 1.54) is 12.8 Å². The minimum atomic E-state index is 0. The molecule has 3 nitrogen and oxygen atoms in total. The number of carbonyl (C=O) groups excluding carboxylic acids is 1. The molecule has 16 heavy (non-hydrogen) atoms. The Kier molecular flexibility index (Phi) is 4.62. The molecule has 0 aromatic rings. The van der Waals surface area contributed by atoms with Crippen LogP contribution < -0.4 is 5.32 Å². The molecule has 0 aromatic heterocycles. The highest BCUT2D eigenvalue weighted by atomic mass is 35.5. The molecule has 1 amide bonds. The number of carbonyl (C=O) groups is 1. The number of rotatable bonds is 4. The average molecular weight is 247 g/mol. The van der Waals surface area contributed by atoms with Crippen molar-refractivity contribution < 1.29 is 4.79 Å². The van der Waals surface area contributed by atoms with E-state index >= 15 is 0 Å². The molecule has 1 saturated carbocycles. The first-order chi connectivity index (χ1) is 7.11. The van der Waals surface area contributed by atoms with Gasteiger partial charge in [0.1, 0.15) is 0 Å². The summed E-state index contributed by atoms with van der Waals surface area (Å²) in [5.74, 6) is 1.14. The van der Waals surface area contributed by atoms with Crippen molar-refractivity contribution in [1.29, 1.82) is 0 Å². The third kappa shape index (κ3) is 2.69. The molecular weight excluding hydrogens is 224 g/mol. The lowest BCUT2D eigenvalue weighted by Gasteiger charge is -2.36. The Morgan fingerprint density at radius 1 is 1.25 bits per heavy atom. The quantitative estimate of drug-likeness (QED) is 0.819. The van der Waals surface area contributed by atoms with Gasteiger partial charge in [-0.1, -0.05) is 6.92 Å². The molecule has 0 bridgehead atoms. The number of halogens is 1. The lowest BCUT2D eigenvalue weighted by Crippen LogP contribution is -2.52. The summed E-state index contributed by atoms with van der Waals surface area (Å²) in [5, 5.41) is 3.24. The SMILES string of the molecule is CC(C(=O)N(C(C)C)C1CC1)C1CNC1.Cl. The Labute approximate surface area is 104 Å². The van der Waals surface area contributed by atoms with Gasteiger partial charge in [-0.15, -0.1) is 12.4 Å².